The summed E-state index contributed by atoms with van der Waals surface area (Å²) in [6.45, 7) is 4.53. The van der Waals surface area contributed by atoms with E-state index in [1.54, 1.807) is 6.07 Å². The minimum atomic E-state index is -0.188. The van der Waals surface area contributed by atoms with E-state index in [9.17, 15) is 4.39 Å². The van der Waals surface area contributed by atoms with Crippen LogP contribution in [-0.2, 0) is 6.61 Å². The molecule has 2 nitrogen and oxygen atoms in total. The van der Waals surface area contributed by atoms with Crippen molar-refractivity contribution in [1.29, 1.82) is 0 Å². The number of halogens is 1. The van der Waals surface area contributed by atoms with E-state index in [1.807, 2.05) is 61.0 Å². The number of para-hydroxylation sites is 2. The molecule has 0 radical (unpaired) electrons. The zero-order valence-electron chi connectivity index (χ0n) is 12.2. The number of fused-ring (bicyclic) bond motifs is 1. The van der Waals surface area contributed by atoms with Gasteiger partial charge in [-0.1, -0.05) is 30.3 Å². The van der Waals surface area contributed by atoms with Crippen LogP contribution in [0.1, 0.15) is 25.5 Å². The van der Waals surface area contributed by atoms with Crippen molar-refractivity contribution < 1.29 is 9.13 Å². The first-order chi connectivity index (χ1) is 10.2. The lowest BCUT2D eigenvalue weighted by Crippen LogP contribution is -1.99. The molecular weight excluding hydrogens is 265 g/mol. The van der Waals surface area contributed by atoms with Crippen LogP contribution in [0, 0.1) is 5.82 Å². The average Bonchev–Trinajstić information content (AvgIpc) is 2.87. The van der Waals surface area contributed by atoms with Crippen molar-refractivity contribution in [3.63, 3.8) is 0 Å². The van der Waals surface area contributed by atoms with Crippen molar-refractivity contribution >= 4 is 10.9 Å². The van der Waals surface area contributed by atoms with Crippen LogP contribution in [0.25, 0.3) is 10.9 Å². The Bertz CT molecular complexity index is 747. The van der Waals surface area contributed by atoms with Crippen LogP contribution in [-0.4, -0.2) is 4.57 Å². The van der Waals surface area contributed by atoms with E-state index < -0.39 is 0 Å². The topological polar surface area (TPSA) is 14.2 Å². The van der Waals surface area contributed by atoms with Gasteiger partial charge in [0, 0.05) is 23.2 Å². The van der Waals surface area contributed by atoms with E-state index in [0.717, 1.165) is 16.7 Å². The summed E-state index contributed by atoms with van der Waals surface area (Å²) in [6.07, 6.45) is 1.99. The summed E-state index contributed by atoms with van der Waals surface area (Å²) in [5, 5.41) is 0.916. The molecule has 3 heteroatoms. The molecule has 0 saturated carbocycles. The van der Waals surface area contributed by atoms with Crippen molar-refractivity contribution in [3.8, 4) is 5.75 Å². The van der Waals surface area contributed by atoms with Gasteiger partial charge in [-0.2, -0.15) is 0 Å². The molecule has 2 aromatic carbocycles. The van der Waals surface area contributed by atoms with Crippen LogP contribution in [0.2, 0.25) is 0 Å². The van der Waals surface area contributed by atoms with Crippen molar-refractivity contribution in [1.82, 2.24) is 4.57 Å². The number of nitrogens with zero attached hydrogens (tertiary/aromatic N) is 1. The molecule has 0 aliphatic carbocycles. The number of hydrogen-bond donors (Lipinski definition) is 0. The first-order valence-electron chi connectivity index (χ1n) is 7.12. The summed E-state index contributed by atoms with van der Waals surface area (Å²) in [6, 6.07) is 15.1. The molecule has 1 aromatic heterocycles. The first kappa shape index (κ1) is 13.7. The van der Waals surface area contributed by atoms with Gasteiger partial charge in [-0.05, 0) is 32.0 Å². The van der Waals surface area contributed by atoms with Crippen LogP contribution >= 0.6 is 0 Å². The Balaban J connectivity index is 1.97. The molecule has 21 heavy (non-hydrogen) atoms. The van der Waals surface area contributed by atoms with Gasteiger partial charge in [0.25, 0.3) is 0 Å². The van der Waals surface area contributed by atoms with Gasteiger partial charge in [-0.25, -0.2) is 4.39 Å². The monoisotopic (exact) mass is 283 g/mol. The Morgan fingerprint density at radius 3 is 2.52 bits per heavy atom. The SMILES string of the molecule is CC(C)n1cc(COc2ccccc2)c2cccc(F)c21. The number of ether oxygens (including phenoxy) is 1. The van der Waals surface area contributed by atoms with Gasteiger partial charge in [0.1, 0.15) is 18.2 Å². The number of rotatable bonds is 4. The largest absolute Gasteiger partial charge is 0.489 e. The smallest absolute Gasteiger partial charge is 0.147 e. The second-order valence-corrected chi connectivity index (χ2v) is 5.39. The summed E-state index contributed by atoms with van der Waals surface area (Å²) in [5.74, 6) is 0.631. The van der Waals surface area contributed by atoms with Gasteiger partial charge in [-0.3, -0.25) is 0 Å². The molecule has 3 aromatic rings. The normalized spacial score (nSPS) is 11.2. The van der Waals surface area contributed by atoms with Crippen molar-refractivity contribution in [3.05, 3.63) is 66.1 Å². The predicted octanol–water partition coefficient (Wildman–Crippen LogP) is 4.94. The Kier molecular flexibility index (Phi) is 3.65. The van der Waals surface area contributed by atoms with Crippen molar-refractivity contribution in [2.45, 2.75) is 26.5 Å². The second kappa shape index (κ2) is 5.60. The second-order valence-electron chi connectivity index (χ2n) is 5.39. The molecule has 0 bridgehead atoms. The Labute approximate surface area is 123 Å². The highest BCUT2D eigenvalue weighted by Gasteiger charge is 2.14. The minimum Gasteiger partial charge on any atom is -0.489 e. The maximum absolute atomic E-state index is 14.1. The van der Waals surface area contributed by atoms with Gasteiger partial charge >= 0.3 is 0 Å². The van der Waals surface area contributed by atoms with Crippen LogP contribution in [0.4, 0.5) is 4.39 Å². The summed E-state index contributed by atoms with van der Waals surface area (Å²) >= 11 is 0. The molecule has 0 spiro atoms. The van der Waals surface area contributed by atoms with Crippen LogP contribution in [0.15, 0.2) is 54.7 Å². The third kappa shape index (κ3) is 2.64. The molecule has 0 saturated heterocycles. The van der Waals surface area contributed by atoms with Gasteiger partial charge in [0.15, 0.2) is 0 Å². The molecule has 0 atom stereocenters. The zero-order chi connectivity index (χ0) is 14.8. The van der Waals surface area contributed by atoms with E-state index >= 15 is 0 Å². The van der Waals surface area contributed by atoms with Crippen LogP contribution in [0.5, 0.6) is 5.75 Å². The molecule has 108 valence electrons. The van der Waals surface area contributed by atoms with E-state index in [1.165, 1.54) is 6.07 Å². The number of aromatic nitrogens is 1. The lowest BCUT2D eigenvalue weighted by molar-refractivity contribution is 0.307. The molecule has 0 amide bonds. The number of hydrogen-bond acceptors (Lipinski definition) is 1. The molecule has 1 heterocycles. The summed E-state index contributed by atoms with van der Waals surface area (Å²) in [5.41, 5.74) is 1.65. The van der Waals surface area contributed by atoms with Crippen molar-refractivity contribution in [2.75, 3.05) is 0 Å². The summed E-state index contributed by atoms with van der Waals surface area (Å²) in [7, 11) is 0. The van der Waals surface area contributed by atoms with E-state index in [0.29, 0.717) is 12.1 Å². The molecular formula is C18H18FNO. The highest BCUT2D eigenvalue weighted by molar-refractivity contribution is 5.84. The minimum absolute atomic E-state index is 0.188. The lowest BCUT2D eigenvalue weighted by Gasteiger charge is -2.09. The Hall–Kier alpha value is -2.29. The summed E-state index contributed by atoms with van der Waals surface area (Å²) < 4.78 is 21.9. The third-order valence-electron chi connectivity index (χ3n) is 3.58. The van der Waals surface area contributed by atoms with E-state index in [-0.39, 0.29) is 11.9 Å². The maximum atomic E-state index is 14.1. The fraction of sp³-hybridized carbons (Fsp3) is 0.222. The third-order valence-corrected chi connectivity index (χ3v) is 3.58. The fourth-order valence-corrected chi connectivity index (χ4v) is 2.54. The Morgan fingerprint density at radius 1 is 1.05 bits per heavy atom. The van der Waals surface area contributed by atoms with Crippen LogP contribution in [0.3, 0.4) is 0 Å². The average molecular weight is 283 g/mol. The van der Waals surface area contributed by atoms with Crippen LogP contribution < -0.4 is 4.74 Å². The zero-order valence-corrected chi connectivity index (χ0v) is 12.2. The van der Waals surface area contributed by atoms with Gasteiger partial charge in [0.05, 0.1) is 5.52 Å². The van der Waals surface area contributed by atoms with E-state index in [2.05, 4.69) is 0 Å². The van der Waals surface area contributed by atoms with Gasteiger partial charge < -0.3 is 9.30 Å². The molecule has 0 fully saturated rings. The highest BCUT2D eigenvalue weighted by atomic mass is 19.1. The first-order valence-corrected chi connectivity index (χ1v) is 7.12. The molecule has 0 aliphatic heterocycles. The van der Waals surface area contributed by atoms with E-state index in [4.69, 9.17) is 4.74 Å². The van der Waals surface area contributed by atoms with Crippen molar-refractivity contribution in [2.24, 2.45) is 0 Å². The maximum Gasteiger partial charge on any atom is 0.147 e. The van der Waals surface area contributed by atoms with Gasteiger partial charge in [0.2, 0.25) is 0 Å². The van der Waals surface area contributed by atoms with Gasteiger partial charge in [-0.15, -0.1) is 0 Å². The molecule has 0 unspecified atom stereocenters. The highest BCUT2D eigenvalue weighted by Crippen LogP contribution is 2.27. The molecule has 0 N–H and O–H groups in total. The summed E-state index contributed by atoms with van der Waals surface area (Å²) in [4.78, 5) is 0. The molecule has 0 aliphatic rings. The molecule has 3 rings (SSSR count). The lowest BCUT2D eigenvalue weighted by atomic mass is 10.2. The fourth-order valence-electron chi connectivity index (χ4n) is 2.54. The predicted molar refractivity (Wildman–Crippen MR) is 83.1 cm³/mol. The quantitative estimate of drug-likeness (QED) is 0.661. The number of benzene rings is 2. The standard InChI is InChI=1S/C18H18FNO/c1-13(2)20-11-14(12-21-15-7-4-3-5-8-15)16-9-6-10-17(19)18(16)20/h3-11,13H,12H2,1-2H3. The Morgan fingerprint density at radius 2 is 1.81 bits per heavy atom.